The van der Waals surface area contributed by atoms with Crippen molar-refractivity contribution in [3.8, 4) is 5.88 Å². The fourth-order valence-corrected chi connectivity index (χ4v) is 3.26. The van der Waals surface area contributed by atoms with Crippen molar-refractivity contribution < 1.29 is 23.1 Å². The number of nitrogens with one attached hydrogen (secondary N) is 1. The maximum Gasteiger partial charge on any atom is 0.335 e. The first kappa shape index (κ1) is 16.1. The van der Waals surface area contributed by atoms with Gasteiger partial charge in [-0.2, -0.15) is 0 Å². The summed E-state index contributed by atoms with van der Waals surface area (Å²) in [6.45, 7) is 0. The van der Waals surface area contributed by atoms with Crippen LogP contribution in [0.1, 0.15) is 10.4 Å². The van der Waals surface area contributed by atoms with Gasteiger partial charge in [0.05, 0.1) is 17.7 Å². The van der Waals surface area contributed by atoms with Crippen LogP contribution in [-0.2, 0) is 10.0 Å². The molecule has 7 nitrogen and oxygen atoms in total. The number of pyridine rings is 1. The zero-order chi connectivity index (χ0) is 16.3. The Hall–Kier alpha value is -2.32. The van der Waals surface area contributed by atoms with Crippen molar-refractivity contribution in [2.75, 3.05) is 11.8 Å². The number of halogens is 1. The Balaban J connectivity index is 2.47. The number of methoxy groups -OCH3 is 1. The van der Waals surface area contributed by atoms with Gasteiger partial charge < -0.3 is 9.84 Å². The highest BCUT2D eigenvalue weighted by molar-refractivity contribution is 7.92. The van der Waals surface area contributed by atoms with Crippen LogP contribution in [-0.4, -0.2) is 31.6 Å². The van der Waals surface area contributed by atoms with E-state index in [-0.39, 0.29) is 27.0 Å². The molecule has 0 aliphatic carbocycles. The maximum absolute atomic E-state index is 12.4. The normalized spacial score (nSPS) is 11.0. The molecule has 0 saturated carbocycles. The molecule has 0 aliphatic rings. The van der Waals surface area contributed by atoms with Gasteiger partial charge in [0.25, 0.3) is 10.0 Å². The van der Waals surface area contributed by atoms with E-state index in [2.05, 4.69) is 9.71 Å². The number of ether oxygens (including phenoxy) is 1. The highest BCUT2D eigenvalue weighted by Crippen LogP contribution is 2.28. The Kier molecular flexibility index (Phi) is 4.53. The fourth-order valence-electron chi connectivity index (χ4n) is 1.67. The molecule has 0 spiro atoms. The molecular weight excluding hydrogens is 332 g/mol. The molecule has 0 aliphatic heterocycles. The third-order valence-corrected chi connectivity index (χ3v) is 4.52. The fraction of sp³-hybridized carbons (Fsp3) is 0.0769. The summed E-state index contributed by atoms with van der Waals surface area (Å²) in [6, 6.07) is 6.39. The van der Waals surface area contributed by atoms with Gasteiger partial charge in [0.2, 0.25) is 5.88 Å². The number of sulfonamides is 1. The minimum atomic E-state index is -4.10. The molecule has 2 aromatic rings. The molecule has 1 heterocycles. The number of aromatic carboxylic acids is 1. The summed E-state index contributed by atoms with van der Waals surface area (Å²) in [5.74, 6) is -1.18. The molecule has 9 heteroatoms. The average Bonchev–Trinajstić information content (AvgIpc) is 2.47. The number of carbonyl (C=O) groups is 1. The van der Waals surface area contributed by atoms with Gasteiger partial charge in [-0.05, 0) is 30.3 Å². The third-order valence-electron chi connectivity index (χ3n) is 2.68. The van der Waals surface area contributed by atoms with E-state index in [1.165, 1.54) is 37.6 Å². The van der Waals surface area contributed by atoms with E-state index in [0.29, 0.717) is 0 Å². The predicted octanol–water partition coefficient (Wildman–Crippen LogP) is 2.24. The van der Waals surface area contributed by atoms with Crippen LogP contribution in [0, 0.1) is 0 Å². The number of aromatic nitrogens is 1. The number of hydrogen-bond acceptors (Lipinski definition) is 5. The molecule has 1 aromatic heterocycles. The van der Waals surface area contributed by atoms with Crippen molar-refractivity contribution in [2.45, 2.75) is 4.90 Å². The average molecular weight is 343 g/mol. The van der Waals surface area contributed by atoms with E-state index in [0.717, 1.165) is 6.07 Å². The van der Waals surface area contributed by atoms with Crippen LogP contribution in [0.5, 0.6) is 5.88 Å². The molecule has 0 radical (unpaired) electrons. The van der Waals surface area contributed by atoms with E-state index in [1.54, 1.807) is 0 Å². The molecule has 0 fully saturated rings. The molecule has 0 bridgehead atoms. The van der Waals surface area contributed by atoms with Crippen LogP contribution in [0.3, 0.4) is 0 Å². The minimum absolute atomic E-state index is 0.0802. The van der Waals surface area contributed by atoms with Gasteiger partial charge in [0.1, 0.15) is 10.6 Å². The van der Waals surface area contributed by atoms with Crippen LogP contribution < -0.4 is 9.46 Å². The number of carboxylic acids is 1. The van der Waals surface area contributed by atoms with Gasteiger partial charge in [0.15, 0.2) is 0 Å². The zero-order valence-corrected chi connectivity index (χ0v) is 12.9. The topological polar surface area (TPSA) is 106 Å². The molecule has 0 amide bonds. The second-order valence-electron chi connectivity index (χ2n) is 4.12. The first-order valence-corrected chi connectivity index (χ1v) is 7.76. The lowest BCUT2D eigenvalue weighted by atomic mass is 10.2. The molecule has 22 heavy (non-hydrogen) atoms. The number of hydrogen-bond donors (Lipinski definition) is 2. The van der Waals surface area contributed by atoms with Crippen molar-refractivity contribution in [1.82, 2.24) is 4.98 Å². The van der Waals surface area contributed by atoms with Gasteiger partial charge >= 0.3 is 5.97 Å². The molecule has 116 valence electrons. The van der Waals surface area contributed by atoms with E-state index in [9.17, 15) is 13.2 Å². The summed E-state index contributed by atoms with van der Waals surface area (Å²) in [7, 11) is -2.75. The van der Waals surface area contributed by atoms with Crippen molar-refractivity contribution in [3.63, 3.8) is 0 Å². The predicted molar refractivity (Wildman–Crippen MR) is 80.0 cm³/mol. The zero-order valence-electron chi connectivity index (χ0n) is 11.3. The molecule has 0 saturated heterocycles. The molecule has 0 unspecified atom stereocenters. The van der Waals surface area contributed by atoms with E-state index >= 15 is 0 Å². The largest absolute Gasteiger partial charge is 0.480 e. The molecule has 2 rings (SSSR count). The Morgan fingerprint density at radius 2 is 2.09 bits per heavy atom. The first-order valence-electron chi connectivity index (χ1n) is 5.90. The number of anilines is 1. The standard InChI is InChI=1S/C13H11ClN2O5S/c1-21-12-10(3-2-6-15-12)16-22(19,20)11-7-8(13(17)18)4-5-9(11)14/h2-7,16H,1H3,(H,17,18). The molecular formula is C13H11ClN2O5S. The van der Waals surface area contributed by atoms with Gasteiger partial charge in [-0.15, -0.1) is 0 Å². The van der Waals surface area contributed by atoms with Crippen molar-refractivity contribution in [3.05, 3.63) is 47.1 Å². The van der Waals surface area contributed by atoms with Crippen LogP contribution in [0.15, 0.2) is 41.4 Å². The van der Waals surface area contributed by atoms with Crippen molar-refractivity contribution >= 4 is 33.3 Å². The summed E-state index contributed by atoms with van der Waals surface area (Å²) in [5.41, 5.74) is -0.0790. The Morgan fingerprint density at radius 1 is 1.36 bits per heavy atom. The second kappa shape index (κ2) is 6.20. The minimum Gasteiger partial charge on any atom is -0.480 e. The lowest BCUT2D eigenvalue weighted by Crippen LogP contribution is -2.15. The molecule has 1 aromatic carbocycles. The highest BCUT2D eigenvalue weighted by atomic mass is 35.5. The second-order valence-corrected chi connectivity index (χ2v) is 6.17. The van der Waals surface area contributed by atoms with Crippen molar-refractivity contribution in [2.24, 2.45) is 0 Å². The summed E-state index contributed by atoms with van der Waals surface area (Å²) < 4.78 is 32.0. The Labute approximate surface area is 131 Å². The highest BCUT2D eigenvalue weighted by Gasteiger charge is 2.21. The number of carboxylic acid groups (broad SMARTS) is 1. The van der Waals surface area contributed by atoms with Gasteiger partial charge in [-0.1, -0.05) is 11.6 Å². The number of benzene rings is 1. The lowest BCUT2D eigenvalue weighted by Gasteiger charge is -2.12. The Bertz CT molecular complexity index is 823. The lowest BCUT2D eigenvalue weighted by molar-refractivity contribution is 0.0696. The first-order chi connectivity index (χ1) is 10.3. The summed E-state index contributed by atoms with van der Waals surface area (Å²) in [4.78, 5) is 14.5. The smallest absolute Gasteiger partial charge is 0.335 e. The van der Waals surface area contributed by atoms with Gasteiger partial charge in [-0.25, -0.2) is 18.2 Å². The Morgan fingerprint density at radius 3 is 2.73 bits per heavy atom. The van der Waals surface area contributed by atoms with E-state index < -0.39 is 16.0 Å². The van der Waals surface area contributed by atoms with E-state index in [1.807, 2.05) is 0 Å². The quantitative estimate of drug-likeness (QED) is 0.863. The number of rotatable bonds is 5. The van der Waals surface area contributed by atoms with Crippen LogP contribution in [0.25, 0.3) is 0 Å². The monoisotopic (exact) mass is 342 g/mol. The number of nitrogens with zero attached hydrogens (tertiary/aromatic N) is 1. The van der Waals surface area contributed by atoms with Crippen LogP contribution in [0.4, 0.5) is 5.69 Å². The van der Waals surface area contributed by atoms with Gasteiger partial charge in [-0.3, -0.25) is 4.72 Å². The van der Waals surface area contributed by atoms with Crippen LogP contribution >= 0.6 is 11.6 Å². The van der Waals surface area contributed by atoms with Crippen molar-refractivity contribution in [1.29, 1.82) is 0 Å². The third kappa shape index (κ3) is 3.29. The summed E-state index contributed by atoms with van der Waals surface area (Å²) in [5, 5.41) is 8.85. The maximum atomic E-state index is 12.4. The van der Waals surface area contributed by atoms with Gasteiger partial charge in [0, 0.05) is 6.20 Å². The van der Waals surface area contributed by atoms with Crippen LogP contribution in [0.2, 0.25) is 5.02 Å². The SMILES string of the molecule is COc1ncccc1NS(=O)(=O)c1cc(C(=O)O)ccc1Cl. The molecule has 0 atom stereocenters. The molecule has 2 N–H and O–H groups in total. The van der Waals surface area contributed by atoms with E-state index in [4.69, 9.17) is 21.4 Å². The summed E-state index contributed by atoms with van der Waals surface area (Å²) in [6.07, 6.45) is 1.44. The summed E-state index contributed by atoms with van der Waals surface area (Å²) >= 11 is 5.87.